The first-order chi connectivity index (χ1) is 12.0. The second-order valence-corrected chi connectivity index (χ2v) is 7.22. The number of H-pyrrole nitrogens is 1. The average Bonchev–Trinajstić information content (AvgIpc) is 3.21. The predicted octanol–water partition coefficient (Wildman–Crippen LogP) is 3.63. The van der Waals surface area contributed by atoms with E-state index in [1.807, 2.05) is 32.0 Å². The summed E-state index contributed by atoms with van der Waals surface area (Å²) in [5.74, 6) is 0. The van der Waals surface area contributed by atoms with E-state index in [4.69, 9.17) is 11.6 Å². The van der Waals surface area contributed by atoms with Crippen LogP contribution in [0.1, 0.15) is 41.4 Å². The summed E-state index contributed by atoms with van der Waals surface area (Å²) in [6.45, 7) is 5.62. The maximum atomic E-state index is 12.4. The van der Waals surface area contributed by atoms with Crippen LogP contribution in [0.4, 0.5) is 0 Å². The average molecular weight is 357 g/mol. The number of rotatable bonds is 3. The van der Waals surface area contributed by atoms with E-state index >= 15 is 0 Å². The van der Waals surface area contributed by atoms with Crippen molar-refractivity contribution in [3.8, 4) is 0 Å². The molecule has 3 heterocycles. The Morgan fingerprint density at radius 2 is 2.04 bits per heavy atom. The summed E-state index contributed by atoms with van der Waals surface area (Å²) in [7, 11) is 0. The van der Waals surface area contributed by atoms with Gasteiger partial charge in [-0.25, -0.2) is 9.50 Å². The third kappa shape index (κ3) is 2.98. The van der Waals surface area contributed by atoms with Crippen LogP contribution in [-0.4, -0.2) is 26.0 Å². The SMILES string of the molecule is Cc1nc2cc([C@@H]3CCCN3Cc3ccc(Cl)cc3)[nH]n2c(=O)c1C. The molecule has 25 heavy (non-hydrogen) atoms. The highest BCUT2D eigenvalue weighted by atomic mass is 35.5. The Hall–Kier alpha value is -2.11. The number of halogens is 1. The molecule has 5 nitrogen and oxygen atoms in total. The van der Waals surface area contributed by atoms with Gasteiger partial charge in [0.15, 0.2) is 5.65 Å². The molecule has 1 aliphatic heterocycles. The maximum absolute atomic E-state index is 12.4. The van der Waals surface area contributed by atoms with E-state index < -0.39 is 0 Å². The molecule has 1 atom stereocenters. The number of nitrogens with one attached hydrogen (secondary N) is 1. The zero-order valence-electron chi connectivity index (χ0n) is 14.4. The lowest BCUT2D eigenvalue weighted by atomic mass is 10.1. The highest BCUT2D eigenvalue weighted by Gasteiger charge is 2.28. The molecule has 2 aromatic heterocycles. The molecule has 0 radical (unpaired) electrons. The van der Waals surface area contributed by atoms with Crippen molar-refractivity contribution in [2.45, 2.75) is 39.3 Å². The van der Waals surface area contributed by atoms with Crippen LogP contribution in [0, 0.1) is 13.8 Å². The minimum absolute atomic E-state index is 0.0176. The Morgan fingerprint density at radius 1 is 1.28 bits per heavy atom. The van der Waals surface area contributed by atoms with Gasteiger partial charge < -0.3 is 0 Å². The quantitative estimate of drug-likeness (QED) is 0.779. The molecule has 1 saturated heterocycles. The first kappa shape index (κ1) is 16.4. The Labute approximate surface area is 151 Å². The van der Waals surface area contributed by atoms with Crippen molar-refractivity contribution < 1.29 is 0 Å². The number of hydrogen-bond donors (Lipinski definition) is 1. The Bertz CT molecular complexity index is 973. The molecule has 1 aromatic carbocycles. The van der Waals surface area contributed by atoms with Gasteiger partial charge in [0.25, 0.3) is 5.56 Å². The van der Waals surface area contributed by atoms with Gasteiger partial charge in [-0.3, -0.25) is 14.8 Å². The van der Waals surface area contributed by atoms with Crippen LogP contribution in [-0.2, 0) is 6.54 Å². The molecule has 0 amide bonds. The number of benzene rings is 1. The van der Waals surface area contributed by atoms with Gasteiger partial charge >= 0.3 is 0 Å². The summed E-state index contributed by atoms with van der Waals surface area (Å²) in [5, 5.41) is 4.04. The fraction of sp³-hybridized carbons (Fsp3) is 0.368. The second-order valence-electron chi connectivity index (χ2n) is 6.79. The van der Waals surface area contributed by atoms with Crippen molar-refractivity contribution >= 4 is 17.2 Å². The van der Waals surface area contributed by atoms with Gasteiger partial charge in [0, 0.05) is 28.9 Å². The van der Waals surface area contributed by atoms with E-state index in [0.29, 0.717) is 11.2 Å². The summed E-state index contributed by atoms with van der Waals surface area (Å²) < 4.78 is 1.57. The highest BCUT2D eigenvalue weighted by Crippen LogP contribution is 2.32. The molecular formula is C19H21ClN4O. The van der Waals surface area contributed by atoms with Crippen LogP contribution in [0.2, 0.25) is 5.02 Å². The number of likely N-dealkylation sites (tertiary alicyclic amines) is 1. The molecule has 3 aromatic rings. The number of nitrogens with zero attached hydrogens (tertiary/aromatic N) is 3. The smallest absolute Gasteiger partial charge is 0.275 e. The highest BCUT2D eigenvalue weighted by molar-refractivity contribution is 6.30. The third-order valence-corrected chi connectivity index (χ3v) is 5.38. The van der Waals surface area contributed by atoms with E-state index in [1.54, 1.807) is 4.52 Å². The van der Waals surface area contributed by atoms with E-state index in [1.165, 1.54) is 5.56 Å². The number of aromatic amines is 1. The van der Waals surface area contributed by atoms with Crippen molar-refractivity contribution in [1.82, 2.24) is 19.5 Å². The van der Waals surface area contributed by atoms with Crippen molar-refractivity contribution in [2.75, 3.05) is 6.54 Å². The molecule has 4 rings (SSSR count). The van der Waals surface area contributed by atoms with Crippen LogP contribution < -0.4 is 5.56 Å². The van der Waals surface area contributed by atoms with Gasteiger partial charge in [-0.05, 0) is 50.9 Å². The minimum Gasteiger partial charge on any atom is -0.292 e. The zero-order valence-corrected chi connectivity index (χ0v) is 15.2. The van der Waals surface area contributed by atoms with Gasteiger partial charge in [-0.2, -0.15) is 0 Å². The van der Waals surface area contributed by atoms with Crippen LogP contribution in [0.3, 0.4) is 0 Å². The largest absolute Gasteiger partial charge is 0.292 e. The molecule has 1 N–H and O–H groups in total. The first-order valence-corrected chi connectivity index (χ1v) is 8.98. The van der Waals surface area contributed by atoms with E-state index in [0.717, 1.165) is 42.3 Å². The fourth-order valence-corrected chi connectivity index (χ4v) is 3.73. The van der Waals surface area contributed by atoms with E-state index in [9.17, 15) is 4.79 Å². The van der Waals surface area contributed by atoms with Gasteiger partial charge in [-0.15, -0.1) is 0 Å². The van der Waals surface area contributed by atoms with Crippen LogP contribution >= 0.6 is 11.6 Å². The third-order valence-electron chi connectivity index (χ3n) is 5.13. The molecule has 0 unspecified atom stereocenters. The lowest BCUT2D eigenvalue weighted by Crippen LogP contribution is -2.24. The lowest BCUT2D eigenvalue weighted by Gasteiger charge is -2.23. The molecule has 0 bridgehead atoms. The molecule has 1 aliphatic rings. The van der Waals surface area contributed by atoms with Crippen LogP contribution in [0.25, 0.3) is 5.65 Å². The van der Waals surface area contributed by atoms with Crippen molar-refractivity contribution in [3.05, 3.63) is 68.2 Å². The molecular weight excluding hydrogens is 336 g/mol. The zero-order chi connectivity index (χ0) is 17.6. The van der Waals surface area contributed by atoms with Gasteiger partial charge in [0.05, 0.1) is 11.7 Å². The molecule has 0 saturated carbocycles. The normalized spacial score (nSPS) is 18.3. The number of fused-ring (bicyclic) bond motifs is 1. The second kappa shape index (κ2) is 6.32. The Morgan fingerprint density at radius 3 is 2.80 bits per heavy atom. The maximum Gasteiger partial charge on any atom is 0.275 e. The van der Waals surface area contributed by atoms with Crippen molar-refractivity contribution in [2.24, 2.45) is 0 Å². The van der Waals surface area contributed by atoms with Gasteiger partial charge in [0.1, 0.15) is 0 Å². The summed E-state index contributed by atoms with van der Waals surface area (Å²) in [5.41, 5.74) is 4.46. The summed E-state index contributed by atoms with van der Waals surface area (Å²) in [4.78, 5) is 19.4. The van der Waals surface area contributed by atoms with Crippen LogP contribution in [0.5, 0.6) is 0 Å². The first-order valence-electron chi connectivity index (χ1n) is 8.60. The number of hydrogen-bond acceptors (Lipinski definition) is 3. The fourth-order valence-electron chi connectivity index (χ4n) is 3.60. The Kier molecular flexibility index (Phi) is 4.13. The summed E-state index contributed by atoms with van der Waals surface area (Å²) in [6.07, 6.45) is 2.22. The van der Waals surface area contributed by atoms with E-state index in [-0.39, 0.29) is 11.6 Å². The molecule has 6 heteroatoms. The summed E-state index contributed by atoms with van der Waals surface area (Å²) in [6, 6.07) is 10.3. The monoisotopic (exact) mass is 356 g/mol. The molecule has 0 aliphatic carbocycles. The van der Waals surface area contributed by atoms with E-state index in [2.05, 4.69) is 27.1 Å². The molecule has 0 spiro atoms. The molecule has 130 valence electrons. The Balaban J connectivity index is 1.66. The topological polar surface area (TPSA) is 53.4 Å². The van der Waals surface area contributed by atoms with Gasteiger partial charge in [-0.1, -0.05) is 23.7 Å². The standard InChI is InChI=1S/C19H21ClN4O/c1-12-13(2)21-18-10-16(22-24(18)19(12)25)17-4-3-9-23(17)11-14-5-7-15(20)8-6-14/h5-8,10,17,22H,3-4,9,11H2,1-2H3/t17-/m0/s1. The van der Waals surface area contributed by atoms with Crippen molar-refractivity contribution in [3.63, 3.8) is 0 Å². The number of aryl methyl sites for hydroxylation is 1. The predicted molar refractivity (Wildman–Crippen MR) is 99.1 cm³/mol. The lowest BCUT2D eigenvalue weighted by molar-refractivity contribution is 0.244. The minimum atomic E-state index is -0.0176. The van der Waals surface area contributed by atoms with Crippen molar-refractivity contribution in [1.29, 1.82) is 0 Å². The summed E-state index contributed by atoms with van der Waals surface area (Å²) >= 11 is 5.98. The van der Waals surface area contributed by atoms with Crippen LogP contribution in [0.15, 0.2) is 35.1 Å². The molecule has 1 fully saturated rings. The number of aromatic nitrogens is 3. The van der Waals surface area contributed by atoms with Gasteiger partial charge in [0.2, 0.25) is 0 Å².